The summed E-state index contributed by atoms with van der Waals surface area (Å²) in [4.78, 5) is 22.9. The van der Waals surface area contributed by atoms with E-state index in [0.29, 0.717) is 11.7 Å². The minimum atomic E-state index is 0.480. The molecule has 174 valence electrons. The molecule has 0 aliphatic carbocycles. The van der Waals surface area contributed by atoms with Crippen LogP contribution in [0.1, 0.15) is 6.42 Å². The SMILES string of the molecule is [C-]#[N+]c1ccc(-c2nc(N3CC[C@@H](N(C)C)C3)n3ccnc3c2-c2cnc3c(cnn3C)c2)cc1. The van der Waals surface area contributed by atoms with E-state index in [1.54, 1.807) is 4.68 Å². The van der Waals surface area contributed by atoms with Crippen LogP contribution >= 0.6 is 0 Å². The Balaban J connectivity index is 1.59. The third kappa shape index (κ3) is 3.50. The third-order valence-electron chi connectivity index (χ3n) is 6.84. The Labute approximate surface area is 203 Å². The monoisotopic (exact) mass is 463 g/mol. The number of imidazole rings is 1. The van der Waals surface area contributed by atoms with E-state index in [1.807, 2.05) is 56.1 Å². The van der Waals surface area contributed by atoms with Gasteiger partial charge in [0.1, 0.15) is 5.65 Å². The zero-order valence-electron chi connectivity index (χ0n) is 19.9. The smallest absolute Gasteiger partial charge is 0.212 e. The van der Waals surface area contributed by atoms with E-state index in [4.69, 9.17) is 16.5 Å². The zero-order valence-corrected chi connectivity index (χ0v) is 19.9. The summed E-state index contributed by atoms with van der Waals surface area (Å²) in [5, 5.41) is 5.31. The lowest BCUT2D eigenvalue weighted by Crippen LogP contribution is -2.32. The van der Waals surface area contributed by atoms with E-state index >= 15 is 0 Å². The Morgan fingerprint density at radius 3 is 2.63 bits per heavy atom. The Bertz CT molecular complexity index is 1590. The lowest BCUT2D eigenvalue weighted by atomic mass is 10.0. The van der Waals surface area contributed by atoms with Crippen LogP contribution in [0.15, 0.2) is 55.1 Å². The molecule has 9 nitrogen and oxygen atoms in total. The van der Waals surface area contributed by atoms with E-state index in [1.165, 1.54) is 0 Å². The molecule has 0 saturated carbocycles. The quantitative estimate of drug-likeness (QED) is 0.375. The number of benzene rings is 1. The van der Waals surface area contributed by atoms with Crippen molar-refractivity contribution in [3.8, 4) is 22.4 Å². The Hall–Kier alpha value is -4.29. The molecule has 0 radical (unpaired) electrons. The van der Waals surface area contributed by atoms with Gasteiger partial charge in [-0.05, 0) is 32.1 Å². The molecule has 1 saturated heterocycles. The van der Waals surface area contributed by atoms with E-state index in [-0.39, 0.29) is 0 Å². The van der Waals surface area contributed by atoms with Crippen molar-refractivity contribution < 1.29 is 0 Å². The van der Waals surface area contributed by atoms with Crippen LogP contribution in [0.3, 0.4) is 0 Å². The van der Waals surface area contributed by atoms with Crippen molar-refractivity contribution in [2.45, 2.75) is 12.5 Å². The van der Waals surface area contributed by atoms with Crippen LogP contribution in [0, 0.1) is 6.57 Å². The summed E-state index contributed by atoms with van der Waals surface area (Å²) in [7, 11) is 6.15. The van der Waals surface area contributed by atoms with Gasteiger partial charge in [-0.15, -0.1) is 0 Å². The first-order chi connectivity index (χ1) is 17.0. The molecule has 9 heteroatoms. The van der Waals surface area contributed by atoms with Crippen molar-refractivity contribution in [3.05, 3.63) is 66.5 Å². The van der Waals surface area contributed by atoms with Gasteiger partial charge in [-0.3, -0.25) is 9.08 Å². The van der Waals surface area contributed by atoms with Crippen molar-refractivity contribution in [2.75, 3.05) is 32.1 Å². The molecule has 0 bridgehead atoms. The molecule has 0 amide bonds. The highest BCUT2D eigenvalue weighted by molar-refractivity contribution is 5.93. The number of hydrogen-bond acceptors (Lipinski definition) is 6. The molecular formula is C26H25N9. The summed E-state index contributed by atoms with van der Waals surface area (Å²) in [5.41, 5.74) is 5.87. The lowest BCUT2D eigenvalue weighted by Gasteiger charge is -2.23. The zero-order chi connectivity index (χ0) is 24.1. The molecule has 4 aromatic heterocycles. The molecule has 1 aromatic carbocycles. The Morgan fingerprint density at radius 2 is 1.89 bits per heavy atom. The molecule has 5 heterocycles. The maximum Gasteiger partial charge on any atom is 0.212 e. The number of nitrogens with zero attached hydrogens (tertiary/aromatic N) is 9. The number of pyridine rings is 1. The largest absolute Gasteiger partial charge is 0.340 e. The maximum absolute atomic E-state index is 7.33. The molecule has 6 rings (SSSR count). The summed E-state index contributed by atoms with van der Waals surface area (Å²) in [6, 6.07) is 10.2. The molecule has 1 atom stereocenters. The highest BCUT2D eigenvalue weighted by Crippen LogP contribution is 2.38. The second kappa shape index (κ2) is 8.18. The van der Waals surface area contributed by atoms with Crippen LogP contribution in [0.4, 0.5) is 11.6 Å². The van der Waals surface area contributed by atoms with Crippen LogP contribution in [0.5, 0.6) is 0 Å². The molecule has 0 N–H and O–H groups in total. The van der Waals surface area contributed by atoms with Gasteiger partial charge in [0.15, 0.2) is 11.3 Å². The lowest BCUT2D eigenvalue weighted by molar-refractivity contribution is 0.315. The van der Waals surface area contributed by atoms with Crippen LogP contribution in [-0.2, 0) is 7.05 Å². The van der Waals surface area contributed by atoms with Gasteiger partial charge in [-0.1, -0.05) is 24.3 Å². The molecule has 0 spiro atoms. The van der Waals surface area contributed by atoms with Gasteiger partial charge in [0, 0.05) is 55.7 Å². The molecular weight excluding hydrogens is 438 g/mol. The normalized spacial score (nSPS) is 16.0. The average Bonchev–Trinajstić information content (AvgIpc) is 3.63. The summed E-state index contributed by atoms with van der Waals surface area (Å²) in [6.45, 7) is 9.17. The first kappa shape index (κ1) is 21.3. The van der Waals surface area contributed by atoms with Gasteiger partial charge < -0.3 is 9.80 Å². The minimum Gasteiger partial charge on any atom is -0.340 e. The number of hydrogen-bond donors (Lipinski definition) is 0. The summed E-state index contributed by atoms with van der Waals surface area (Å²) >= 11 is 0. The maximum atomic E-state index is 7.33. The number of likely N-dealkylation sites (N-methyl/N-ethyl adjacent to an activating group) is 1. The van der Waals surface area contributed by atoms with E-state index in [2.05, 4.69) is 49.3 Å². The van der Waals surface area contributed by atoms with Gasteiger partial charge >= 0.3 is 0 Å². The number of rotatable bonds is 4. The van der Waals surface area contributed by atoms with Crippen LogP contribution in [-0.4, -0.2) is 67.3 Å². The van der Waals surface area contributed by atoms with Crippen molar-refractivity contribution in [3.63, 3.8) is 0 Å². The Morgan fingerprint density at radius 1 is 1.06 bits per heavy atom. The fourth-order valence-corrected chi connectivity index (χ4v) is 4.88. The van der Waals surface area contributed by atoms with Crippen LogP contribution in [0.2, 0.25) is 0 Å². The molecule has 1 aliphatic rings. The summed E-state index contributed by atoms with van der Waals surface area (Å²) in [5.74, 6) is 0.880. The number of aryl methyl sites for hydroxylation is 1. The first-order valence-corrected chi connectivity index (χ1v) is 11.6. The fourth-order valence-electron chi connectivity index (χ4n) is 4.88. The second-order valence-corrected chi connectivity index (χ2v) is 9.17. The molecule has 35 heavy (non-hydrogen) atoms. The fraction of sp³-hybridized carbons (Fsp3) is 0.269. The van der Waals surface area contributed by atoms with Gasteiger partial charge in [0.25, 0.3) is 0 Å². The van der Waals surface area contributed by atoms with Crippen molar-refractivity contribution in [1.82, 2.24) is 34.0 Å². The summed E-state index contributed by atoms with van der Waals surface area (Å²) in [6.07, 6.45) is 8.58. The van der Waals surface area contributed by atoms with Crippen LogP contribution < -0.4 is 4.90 Å². The standard InChI is InChI=1S/C26H25N9/c1-27-20-7-5-17(6-8-20)23-22(18-13-19-15-30-33(4)24(19)29-14-18)25-28-10-12-35(25)26(31-23)34-11-9-21(16-34)32(2)3/h5-8,10,12-15,21H,9,11,16H2,2-4H3/t21-/m1/s1. The highest BCUT2D eigenvalue weighted by Gasteiger charge is 2.28. The summed E-state index contributed by atoms with van der Waals surface area (Å²) < 4.78 is 3.85. The molecule has 1 aliphatic heterocycles. The molecule has 0 unspecified atom stereocenters. The van der Waals surface area contributed by atoms with Crippen molar-refractivity contribution in [1.29, 1.82) is 0 Å². The minimum absolute atomic E-state index is 0.480. The topological polar surface area (TPSA) is 71.7 Å². The predicted molar refractivity (Wildman–Crippen MR) is 136 cm³/mol. The third-order valence-corrected chi connectivity index (χ3v) is 6.84. The van der Waals surface area contributed by atoms with Gasteiger partial charge in [0.05, 0.1) is 24.0 Å². The predicted octanol–water partition coefficient (Wildman–Crippen LogP) is 4.04. The van der Waals surface area contributed by atoms with E-state index in [0.717, 1.165) is 64.5 Å². The van der Waals surface area contributed by atoms with Gasteiger partial charge in [-0.25, -0.2) is 19.8 Å². The number of fused-ring (bicyclic) bond motifs is 2. The van der Waals surface area contributed by atoms with Crippen LogP contribution in [0.25, 0.3) is 43.9 Å². The first-order valence-electron chi connectivity index (χ1n) is 11.6. The van der Waals surface area contributed by atoms with E-state index < -0.39 is 0 Å². The average molecular weight is 464 g/mol. The molecule has 5 aromatic rings. The molecule has 1 fully saturated rings. The Kier molecular flexibility index (Phi) is 4.97. The second-order valence-electron chi connectivity index (χ2n) is 9.17. The highest BCUT2D eigenvalue weighted by atomic mass is 15.3. The van der Waals surface area contributed by atoms with Crippen molar-refractivity contribution in [2.24, 2.45) is 7.05 Å². The van der Waals surface area contributed by atoms with Gasteiger partial charge in [0.2, 0.25) is 5.95 Å². The van der Waals surface area contributed by atoms with E-state index in [9.17, 15) is 0 Å². The van der Waals surface area contributed by atoms with Crippen molar-refractivity contribution >= 4 is 28.3 Å². The van der Waals surface area contributed by atoms with Gasteiger partial charge in [-0.2, -0.15) is 5.10 Å². The number of aromatic nitrogens is 6. The number of anilines is 1.